The summed E-state index contributed by atoms with van der Waals surface area (Å²) in [5.41, 5.74) is 8.77. The Morgan fingerprint density at radius 1 is 1.12 bits per heavy atom. The van der Waals surface area contributed by atoms with E-state index in [2.05, 4.69) is 16.9 Å². The number of aryl methyl sites for hydroxylation is 1. The van der Waals surface area contributed by atoms with E-state index in [0.29, 0.717) is 6.54 Å². The molecule has 0 fully saturated rings. The SMILES string of the molecule is CCc1nccc(-c2ccc(CN)cc2)n1. The maximum atomic E-state index is 5.56. The minimum atomic E-state index is 0.574. The average Bonchev–Trinajstić information content (AvgIpc) is 2.39. The molecule has 0 saturated carbocycles. The van der Waals surface area contributed by atoms with Crippen LogP contribution >= 0.6 is 0 Å². The Bertz CT molecular complexity index is 463. The Kier molecular flexibility index (Phi) is 3.27. The van der Waals surface area contributed by atoms with Crippen molar-refractivity contribution in [3.63, 3.8) is 0 Å². The van der Waals surface area contributed by atoms with Crippen LogP contribution in [0.3, 0.4) is 0 Å². The van der Waals surface area contributed by atoms with Gasteiger partial charge < -0.3 is 5.73 Å². The van der Waals surface area contributed by atoms with Gasteiger partial charge in [0.15, 0.2) is 0 Å². The van der Waals surface area contributed by atoms with E-state index in [0.717, 1.165) is 29.1 Å². The highest BCUT2D eigenvalue weighted by molar-refractivity contribution is 5.58. The van der Waals surface area contributed by atoms with Crippen LogP contribution in [-0.2, 0) is 13.0 Å². The monoisotopic (exact) mass is 213 g/mol. The first-order valence-electron chi connectivity index (χ1n) is 5.44. The molecule has 0 amide bonds. The fraction of sp³-hybridized carbons (Fsp3) is 0.231. The molecular weight excluding hydrogens is 198 g/mol. The van der Waals surface area contributed by atoms with Crippen LogP contribution in [0.2, 0.25) is 0 Å². The van der Waals surface area contributed by atoms with Crippen molar-refractivity contribution in [2.24, 2.45) is 5.73 Å². The molecule has 1 heterocycles. The van der Waals surface area contributed by atoms with E-state index in [1.54, 1.807) is 6.20 Å². The van der Waals surface area contributed by atoms with Crippen molar-refractivity contribution >= 4 is 0 Å². The second kappa shape index (κ2) is 4.86. The summed E-state index contributed by atoms with van der Waals surface area (Å²) < 4.78 is 0. The third-order valence-corrected chi connectivity index (χ3v) is 2.51. The first-order chi connectivity index (χ1) is 7.83. The van der Waals surface area contributed by atoms with Gasteiger partial charge in [-0.15, -0.1) is 0 Å². The van der Waals surface area contributed by atoms with Crippen LogP contribution < -0.4 is 5.73 Å². The van der Waals surface area contributed by atoms with Crippen LogP contribution in [-0.4, -0.2) is 9.97 Å². The largest absolute Gasteiger partial charge is 0.326 e. The lowest BCUT2D eigenvalue weighted by molar-refractivity contribution is 0.943. The molecule has 0 unspecified atom stereocenters. The lowest BCUT2D eigenvalue weighted by Gasteiger charge is -2.03. The first-order valence-corrected chi connectivity index (χ1v) is 5.44. The molecule has 0 aliphatic heterocycles. The van der Waals surface area contributed by atoms with Crippen LogP contribution in [0.4, 0.5) is 0 Å². The maximum Gasteiger partial charge on any atom is 0.128 e. The molecular formula is C13H15N3. The molecule has 2 N–H and O–H groups in total. The van der Waals surface area contributed by atoms with Crippen LogP contribution in [0.1, 0.15) is 18.3 Å². The van der Waals surface area contributed by atoms with Gasteiger partial charge >= 0.3 is 0 Å². The molecule has 0 aliphatic carbocycles. The van der Waals surface area contributed by atoms with Crippen molar-refractivity contribution in [2.45, 2.75) is 19.9 Å². The van der Waals surface area contributed by atoms with E-state index in [-0.39, 0.29) is 0 Å². The van der Waals surface area contributed by atoms with Gasteiger partial charge in [-0.05, 0) is 11.6 Å². The average molecular weight is 213 g/mol. The van der Waals surface area contributed by atoms with Crippen molar-refractivity contribution in [3.05, 3.63) is 47.9 Å². The van der Waals surface area contributed by atoms with Crippen molar-refractivity contribution in [1.82, 2.24) is 9.97 Å². The molecule has 0 aliphatic rings. The van der Waals surface area contributed by atoms with Gasteiger partial charge in [0, 0.05) is 24.7 Å². The summed E-state index contributed by atoms with van der Waals surface area (Å²) in [6.07, 6.45) is 2.66. The van der Waals surface area contributed by atoms with Crippen molar-refractivity contribution in [2.75, 3.05) is 0 Å². The number of nitrogens with zero attached hydrogens (tertiary/aromatic N) is 2. The van der Waals surface area contributed by atoms with E-state index in [1.807, 2.05) is 30.3 Å². The molecule has 0 saturated heterocycles. The van der Waals surface area contributed by atoms with Crippen LogP contribution in [0.5, 0.6) is 0 Å². The Balaban J connectivity index is 2.34. The summed E-state index contributed by atoms with van der Waals surface area (Å²) in [7, 11) is 0. The lowest BCUT2D eigenvalue weighted by Crippen LogP contribution is -1.96. The van der Waals surface area contributed by atoms with Gasteiger partial charge in [0.1, 0.15) is 5.82 Å². The zero-order valence-corrected chi connectivity index (χ0v) is 9.35. The highest BCUT2D eigenvalue weighted by Crippen LogP contribution is 2.17. The summed E-state index contributed by atoms with van der Waals surface area (Å²) in [5.74, 6) is 0.875. The fourth-order valence-corrected chi connectivity index (χ4v) is 1.54. The maximum absolute atomic E-state index is 5.56. The molecule has 0 radical (unpaired) electrons. The van der Waals surface area contributed by atoms with Gasteiger partial charge in [-0.2, -0.15) is 0 Å². The fourth-order valence-electron chi connectivity index (χ4n) is 1.54. The molecule has 0 atom stereocenters. The first kappa shape index (κ1) is 10.8. The Labute approximate surface area is 95.4 Å². The smallest absolute Gasteiger partial charge is 0.128 e. The predicted octanol–water partition coefficient (Wildman–Crippen LogP) is 2.16. The third-order valence-electron chi connectivity index (χ3n) is 2.51. The number of aromatic nitrogens is 2. The van der Waals surface area contributed by atoms with Gasteiger partial charge in [0.2, 0.25) is 0 Å². The molecule has 0 spiro atoms. The molecule has 1 aromatic carbocycles. The van der Waals surface area contributed by atoms with Gasteiger partial charge in [-0.1, -0.05) is 31.2 Å². The van der Waals surface area contributed by atoms with Crippen molar-refractivity contribution < 1.29 is 0 Å². The Morgan fingerprint density at radius 3 is 2.50 bits per heavy atom. The summed E-state index contributed by atoms with van der Waals surface area (Å²) in [6.45, 7) is 2.63. The van der Waals surface area contributed by atoms with E-state index in [4.69, 9.17) is 5.73 Å². The lowest BCUT2D eigenvalue weighted by atomic mass is 10.1. The zero-order chi connectivity index (χ0) is 11.4. The predicted molar refractivity (Wildman–Crippen MR) is 64.7 cm³/mol. The van der Waals surface area contributed by atoms with Gasteiger partial charge in [-0.3, -0.25) is 0 Å². The van der Waals surface area contributed by atoms with Crippen LogP contribution in [0.15, 0.2) is 36.5 Å². The van der Waals surface area contributed by atoms with Crippen molar-refractivity contribution in [3.8, 4) is 11.3 Å². The van der Waals surface area contributed by atoms with E-state index >= 15 is 0 Å². The molecule has 2 aromatic rings. The number of benzene rings is 1. The van der Waals surface area contributed by atoms with E-state index in [1.165, 1.54) is 0 Å². The molecule has 2 rings (SSSR count). The molecule has 3 heteroatoms. The minimum absolute atomic E-state index is 0.574. The van der Waals surface area contributed by atoms with Crippen molar-refractivity contribution in [1.29, 1.82) is 0 Å². The highest BCUT2D eigenvalue weighted by atomic mass is 14.9. The number of nitrogens with two attached hydrogens (primary N) is 1. The minimum Gasteiger partial charge on any atom is -0.326 e. The summed E-state index contributed by atoms with van der Waals surface area (Å²) in [5, 5.41) is 0. The number of rotatable bonds is 3. The molecule has 3 nitrogen and oxygen atoms in total. The zero-order valence-electron chi connectivity index (χ0n) is 9.35. The molecule has 1 aromatic heterocycles. The van der Waals surface area contributed by atoms with Gasteiger partial charge in [0.25, 0.3) is 0 Å². The summed E-state index contributed by atoms with van der Waals surface area (Å²) >= 11 is 0. The van der Waals surface area contributed by atoms with E-state index in [9.17, 15) is 0 Å². The summed E-state index contributed by atoms with van der Waals surface area (Å²) in [6, 6.07) is 10.1. The molecule has 82 valence electrons. The highest BCUT2D eigenvalue weighted by Gasteiger charge is 2.00. The Morgan fingerprint density at radius 2 is 1.88 bits per heavy atom. The molecule has 0 bridgehead atoms. The van der Waals surface area contributed by atoms with E-state index < -0.39 is 0 Å². The third kappa shape index (κ3) is 2.25. The second-order valence-corrected chi connectivity index (χ2v) is 3.61. The summed E-state index contributed by atoms with van der Waals surface area (Å²) in [4.78, 5) is 8.66. The standard InChI is InChI=1S/C13H15N3/c1-2-13-15-8-7-12(16-13)11-5-3-10(9-14)4-6-11/h3-8H,2,9,14H2,1H3. The van der Waals surface area contributed by atoms with Gasteiger partial charge in [0.05, 0.1) is 5.69 Å². The topological polar surface area (TPSA) is 51.8 Å². The Hall–Kier alpha value is -1.74. The number of hydrogen-bond donors (Lipinski definition) is 1. The normalized spacial score (nSPS) is 10.4. The quantitative estimate of drug-likeness (QED) is 0.850. The number of hydrogen-bond acceptors (Lipinski definition) is 3. The van der Waals surface area contributed by atoms with Gasteiger partial charge in [-0.25, -0.2) is 9.97 Å². The second-order valence-electron chi connectivity index (χ2n) is 3.61. The van der Waals surface area contributed by atoms with Crippen LogP contribution in [0.25, 0.3) is 11.3 Å². The van der Waals surface area contributed by atoms with Crippen LogP contribution in [0, 0.1) is 0 Å². The molecule has 16 heavy (non-hydrogen) atoms.